The summed E-state index contributed by atoms with van der Waals surface area (Å²) in [6.07, 6.45) is 1.48. The molecule has 3 aromatic rings. The van der Waals surface area contributed by atoms with Gasteiger partial charge >= 0.3 is 5.69 Å². The minimum Gasteiger partial charge on any atom is -0.439 e. The van der Waals surface area contributed by atoms with Gasteiger partial charge in [-0.05, 0) is 19.1 Å². The summed E-state index contributed by atoms with van der Waals surface area (Å²) in [5, 5.41) is 0. The molecule has 108 valence electrons. The van der Waals surface area contributed by atoms with E-state index in [9.17, 15) is 9.59 Å². The van der Waals surface area contributed by atoms with Crippen LogP contribution in [0.4, 0.5) is 5.69 Å². The molecule has 0 fully saturated rings. The molecule has 0 unspecified atom stereocenters. The Balaban J connectivity index is 2.06. The molecular formula is C14H14N4O3. The van der Waals surface area contributed by atoms with Gasteiger partial charge in [-0.2, -0.15) is 0 Å². The van der Waals surface area contributed by atoms with Crippen molar-refractivity contribution in [3.8, 4) is 0 Å². The predicted molar refractivity (Wildman–Crippen MR) is 78.2 cm³/mol. The number of benzene rings is 1. The van der Waals surface area contributed by atoms with Crippen molar-refractivity contribution in [1.82, 2.24) is 14.1 Å². The summed E-state index contributed by atoms with van der Waals surface area (Å²) in [5.41, 5.74) is 6.65. The van der Waals surface area contributed by atoms with E-state index >= 15 is 0 Å². The molecule has 0 spiro atoms. The Morgan fingerprint density at radius 3 is 2.86 bits per heavy atom. The largest absolute Gasteiger partial charge is 0.439 e. The van der Waals surface area contributed by atoms with Crippen LogP contribution in [0, 0.1) is 0 Å². The second-order valence-electron chi connectivity index (χ2n) is 4.64. The van der Waals surface area contributed by atoms with Gasteiger partial charge in [-0.3, -0.25) is 9.36 Å². The van der Waals surface area contributed by atoms with Crippen LogP contribution in [0.1, 0.15) is 12.8 Å². The summed E-state index contributed by atoms with van der Waals surface area (Å²) in [6.45, 7) is 2.31. The topological polar surface area (TPSA) is 96.1 Å². The lowest BCUT2D eigenvalue weighted by atomic mass is 10.3. The highest BCUT2D eigenvalue weighted by Crippen LogP contribution is 2.18. The fourth-order valence-electron chi connectivity index (χ4n) is 2.13. The molecule has 0 atom stereocenters. The molecule has 3 rings (SSSR count). The third-order valence-corrected chi connectivity index (χ3v) is 3.23. The van der Waals surface area contributed by atoms with Crippen molar-refractivity contribution in [2.75, 3.05) is 5.73 Å². The summed E-state index contributed by atoms with van der Waals surface area (Å²) in [4.78, 5) is 28.2. The summed E-state index contributed by atoms with van der Waals surface area (Å²) < 4.78 is 8.08. The second-order valence-corrected chi connectivity index (χ2v) is 4.64. The second kappa shape index (κ2) is 4.93. The van der Waals surface area contributed by atoms with E-state index in [1.165, 1.54) is 16.8 Å². The van der Waals surface area contributed by atoms with E-state index in [0.29, 0.717) is 29.2 Å². The lowest BCUT2D eigenvalue weighted by molar-refractivity contribution is 0.485. The van der Waals surface area contributed by atoms with Crippen LogP contribution in [-0.2, 0) is 13.1 Å². The molecule has 0 radical (unpaired) electrons. The van der Waals surface area contributed by atoms with Crippen LogP contribution < -0.4 is 17.0 Å². The molecule has 2 N–H and O–H groups in total. The van der Waals surface area contributed by atoms with Crippen molar-refractivity contribution in [2.45, 2.75) is 20.0 Å². The Hall–Kier alpha value is -2.83. The molecule has 2 heterocycles. The Morgan fingerprint density at radius 1 is 1.29 bits per heavy atom. The molecule has 0 aliphatic rings. The van der Waals surface area contributed by atoms with Gasteiger partial charge in [0, 0.05) is 30.6 Å². The van der Waals surface area contributed by atoms with Crippen LogP contribution in [0.25, 0.3) is 11.1 Å². The molecule has 7 nitrogen and oxygen atoms in total. The van der Waals surface area contributed by atoms with Crippen LogP contribution in [0.5, 0.6) is 0 Å². The number of hydrogen-bond acceptors (Lipinski definition) is 5. The minimum absolute atomic E-state index is 0.00685. The highest BCUT2D eigenvalue weighted by atomic mass is 16.3. The number of fused-ring (bicyclic) bond motifs is 1. The quantitative estimate of drug-likeness (QED) is 0.718. The first-order valence-corrected chi connectivity index (χ1v) is 6.53. The molecule has 0 bridgehead atoms. The van der Waals surface area contributed by atoms with Gasteiger partial charge in [0.25, 0.3) is 5.56 Å². The Labute approximate surface area is 119 Å². The molecular weight excluding hydrogens is 272 g/mol. The van der Waals surface area contributed by atoms with Crippen LogP contribution in [0.2, 0.25) is 0 Å². The SMILES string of the molecule is CCn1ccc(=O)n(Cc2nc3ccc(N)cc3o2)c1=O. The van der Waals surface area contributed by atoms with E-state index in [2.05, 4.69) is 4.98 Å². The number of aryl methyl sites for hydroxylation is 1. The number of aromatic nitrogens is 3. The van der Waals surface area contributed by atoms with E-state index < -0.39 is 0 Å². The number of anilines is 1. The fraction of sp³-hybridized carbons (Fsp3) is 0.214. The molecule has 0 aliphatic carbocycles. The highest BCUT2D eigenvalue weighted by molar-refractivity contribution is 5.76. The number of rotatable bonds is 3. The first-order chi connectivity index (χ1) is 10.1. The van der Waals surface area contributed by atoms with Crippen LogP contribution in [0.3, 0.4) is 0 Å². The van der Waals surface area contributed by atoms with Crippen molar-refractivity contribution in [3.05, 3.63) is 57.2 Å². The van der Waals surface area contributed by atoms with Gasteiger partial charge in [-0.15, -0.1) is 0 Å². The zero-order valence-electron chi connectivity index (χ0n) is 11.4. The monoisotopic (exact) mass is 286 g/mol. The van der Waals surface area contributed by atoms with Crippen LogP contribution in [-0.4, -0.2) is 14.1 Å². The average Bonchev–Trinajstić information content (AvgIpc) is 2.85. The van der Waals surface area contributed by atoms with Crippen molar-refractivity contribution < 1.29 is 4.42 Å². The van der Waals surface area contributed by atoms with E-state index in [0.717, 1.165) is 4.57 Å². The molecule has 0 saturated heterocycles. The zero-order valence-corrected chi connectivity index (χ0v) is 11.4. The van der Waals surface area contributed by atoms with E-state index in [-0.39, 0.29) is 17.8 Å². The van der Waals surface area contributed by atoms with Gasteiger partial charge in [-0.25, -0.2) is 9.78 Å². The number of oxazole rings is 1. The van der Waals surface area contributed by atoms with Crippen molar-refractivity contribution in [3.63, 3.8) is 0 Å². The first-order valence-electron chi connectivity index (χ1n) is 6.53. The van der Waals surface area contributed by atoms with Gasteiger partial charge in [0.1, 0.15) is 12.1 Å². The zero-order chi connectivity index (χ0) is 15.0. The van der Waals surface area contributed by atoms with Crippen molar-refractivity contribution >= 4 is 16.8 Å². The van der Waals surface area contributed by atoms with Crippen LogP contribution in [0.15, 0.2) is 44.5 Å². The van der Waals surface area contributed by atoms with Gasteiger partial charge in [0.2, 0.25) is 5.89 Å². The maximum absolute atomic E-state index is 12.1. The van der Waals surface area contributed by atoms with Gasteiger partial charge in [0.05, 0.1) is 0 Å². The average molecular weight is 286 g/mol. The third-order valence-electron chi connectivity index (χ3n) is 3.23. The normalized spacial score (nSPS) is 11.1. The number of nitrogen functional groups attached to an aromatic ring is 1. The van der Waals surface area contributed by atoms with E-state index in [1.807, 2.05) is 6.92 Å². The van der Waals surface area contributed by atoms with Gasteiger partial charge in [0.15, 0.2) is 5.58 Å². The molecule has 2 aromatic heterocycles. The molecule has 0 amide bonds. The number of nitrogens with zero attached hydrogens (tertiary/aromatic N) is 3. The van der Waals surface area contributed by atoms with Crippen molar-refractivity contribution in [1.29, 1.82) is 0 Å². The number of nitrogens with two attached hydrogens (primary N) is 1. The smallest absolute Gasteiger partial charge is 0.331 e. The Morgan fingerprint density at radius 2 is 2.10 bits per heavy atom. The minimum atomic E-state index is -0.383. The van der Waals surface area contributed by atoms with E-state index in [4.69, 9.17) is 10.2 Å². The molecule has 21 heavy (non-hydrogen) atoms. The summed E-state index contributed by atoms with van der Waals surface area (Å²) >= 11 is 0. The summed E-state index contributed by atoms with van der Waals surface area (Å²) in [5.74, 6) is 0.295. The molecule has 0 saturated carbocycles. The fourth-order valence-corrected chi connectivity index (χ4v) is 2.13. The highest BCUT2D eigenvalue weighted by Gasteiger charge is 2.10. The van der Waals surface area contributed by atoms with Crippen molar-refractivity contribution in [2.24, 2.45) is 0 Å². The lowest BCUT2D eigenvalue weighted by Gasteiger charge is -2.05. The maximum Gasteiger partial charge on any atom is 0.331 e. The standard InChI is InChI=1S/C14H14N4O3/c1-2-17-6-5-13(19)18(14(17)20)8-12-16-10-4-3-9(15)7-11(10)21-12/h3-7H,2,8,15H2,1H3. The van der Waals surface area contributed by atoms with Gasteiger partial charge in [-0.1, -0.05) is 0 Å². The summed E-state index contributed by atoms with van der Waals surface area (Å²) in [6, 6.07) is 6.46. The number of hydrogen-bond donors (Lipinski definition) is 1. The maximum atomic E-state index is 12.1. The van der Waals surface area contributed by atoms with E-state index in [1.54, 1.807) is 18.2 Å². The molecule has 1 aromatic carbocycles. The van der Waals surface area contributed by atoms with Crippen LogP contribution >= 0.6 is 0 Å². The predicted octanol–water partition coefficient (Wildman–Crippen LogP) is 0.802. The Bertz CT molecular complexity index is 920. The molecule has 0 aliphatic heterocycles. The molecule has 7 heteroatoms. The third kappa shape index (κ3) is 2.33. The lowest BCUT2D eigenvalue weighted by Crippen LogP contribution is -2.39. The Kier molecular flexibility index (Phi) is 3.09. The van der Waals surface area contributed by atoms with Gasteiger partial charge < -0.3 is 14.7 Å². The summed E-state index contributed by atoms with van der Waals surface area (Å²) in [7, 11) is 0. The first kappa shape index (κ1) is 13.2.